The van der Waals surface area contributed by atoms with E-state index in [0.29, 0.717) is 44.9 Å². The summed E-state index contributed by atoms with van der Waals surface area (Å²) in [5.74, 6) is 5.63. The molecule has 1 saturated heterocycles. The summed E-state index contributed by atoms with van der Waals surface area (Å²) >= 11 is 7.36. The average Bonchev–Trinajstić information content (AvgIpc) is 3.15. The first-order chi connectivity index (χ1) is 24.4. The molecule has 6 nitrogen and oxygen atoms in total. The second-order valence-electron chi connectivity index (χ2n) is 14.6. The number of hydrogen-bond acceptors (Lipinski definition) is 10. The molecule has 0 bridgehead atoms. The molecule has 2 aromatic rings. The van der Waals surface area contributed by atoms with Crippen LogP contribution in [-0.2, 0) is 9.47 Å². The van der Waals surface area contributed by atoms with Crippen LogP contribution in [0.2, 0.25) is 0 Å². The first-order valence-electron chi connectivity index (χ1n) is 18.3. The lowest BCUT2D eigenvalue weighted by Crippen LogP contribution is -2.39. The zero-order valence-electron chi connectivity index (χ0n) is 31.2. The Morgan fingerprint density at radius 2 is 1.12 bits per heavy atom. The molecular formula is C41H60O6S4. The van der Waals surface area contributed by atoms with Gasteiger partial charge in [0.05, 0.1) is 11.7 Å². The molecule has 2 saturated carbocycles. The van der Waals surface area contributed by atoms with E-state index < -0.39 is 0 Å². The quantitative estimate of drug-likeness (QED) is 0.153. The molecule has 0 aromatic heterocycles. The predicted octanol–water partition coefficient (Wildman–Crippen LogP) is 10.7. The lowest BCUT2D eigenvalue weighted by molar-refractivity contribution is -0.0187. The lowest BCUT2D eigenvalue weighted by atomic mass is 9.60. The SMILES string of the molecule is COC1CCC(C(C)(C)C2CCC(OC(=O)c3ccc(C(C)=O)cc3)CC2)CC1.CSCC1CSC(CSC(=O)c2ccc(C(C)=O)cc2)CS1.[HH].[HH]. The van der Waals surface area contributed by atoms with Gasteiger partial charge in [0.1, 0.15) is 6.10 Å². The van der Waals surface area contributed by atoms with Gasteiger partial charge in [-0.3, -0.25) is 14.4 Å². The molecule has 2 aliphatic carbocycles. The van der Waals surface area contributed by atoms with E-state index in [2.05, 4.69) is 20.1 Å². The van der Waals surface area contributed by atoms with Crippen LogP contribution in [0.3, 0.4) is 0 Å². The third-order valence-electron chi connectivity index (χ3n) is 10.9. The zero-order valence-corrected chi connectivity index (χ0v) is 34.4. The molecule has 1 aliphatic heterocycles. The van der Waals surface area contributed by atoms with Gasteiger partial charge in [0.15, 0.2) is 11.6 Å². The highest BCUT2D eigenvalue weighted by molar-refractivity contribution is 8.15. The van der Waals surface area contributed by atoms with E-state index in [-0.39, 0.29) is 31.6 Å². The van der Waals surface area contributed by atoms with E-state index in [4.69, 9.17) is 9.47 Å². The van der Waals surface area contributed by atoms with Crippen molar-refractivity contribution in [3.8, 4) is 0 Å². The Morgan fingerprint density at radius 1 is 0.686 bits per heavy atom. The fourth-order valence-electron chi connectivity index (χ4n) is 7.42. The van der Waals surface area contributed by atoms with Gasteiger partial charge >= 0.3 is 5.97 Å². The van der Waals surface area contributed by atoms with Gasteiger partial charge in [-0.05, 0) is 113 Å². The molecule has 3 fully saturated rings. The van der Waals surface area contributed by atoms with Crippen LogP contribution >= 0.6 is 47.0 Å². The molecule has 0 amide bonds. The normalized spacial score (nSPS) is 25.2. The Morgan fingerprint density at radius 3 is 1.55 bits per heavy atom. The number of methoxy groups -OCH3 is 1. The van der Waals surface area contributed by atoms with Crippen LogP contribution in [-0.4, -0.2) is 81.7 Å². The van der Waals surface area contributed by atoms with E-state index in [9.17, 15) is 19.2 Å². The Balaban J connectivity index is 0.000000366. The summed E-state index contributed by atoms with van der Waals surface area (Å²) in [6.45, 7) is 7.95. The van der Waals surface area contributed by atoms with E-state index >= 15 is 0 Å². The van der Waals surface area contributed by atoms with Crippen LogP contribution in [0.15, 0.2) is 48.5 Å². The molecule has 0 N–H and O–H groups in total. The van der Waals surface area contributed by atoms with Crippen molar-refractivity contribution in [3.63, 3.8) is 0 Å². The second-order valence-corrected chi connectivity index (χ2v) is 19.2. The first kappa shape index (κ1) is 42.0. The van der Waals surface area contributed by atoms with Gasteiger partial charge in [-0.2, -0.15) is 35.3 Å². The molecule has 0 spiro atoms. The number of benzene rings is 2. The van der Waals surface area contributed by atoms with Crippen LogP contribution in [0.1, 0.15) is 123 Å². The summed E-state index contributed by atoms with van der Waals surface area (Å²) < 4.78 is 11.3. The van der Waals surface area contributed by atoms with Crippen molar-refractivity contribution < 1.29 is 31.5 Å². The number of esters is 1. The van der Waals surface area contributed by atoms with Crippen LogP contribution in [0, 0.1) is 17.3 Å². The predicted molar refractivity (Wildman–Crippen MR) is 222 cm³/mol. The summed E-state index contributed by atoms with van der Waals surface area (Å²) in [4.78, 5) is 47.3. The third-order valence-corrected chi connectivity index (χ3v) is 16.3. The highest BCUT2D eigenvalue weighted by atomic mass is 32.2. The first-order valence-corrected chi connectivity index (χ1v) is 22.7. The molecule has 1 heterocycles. The van der Waals surface area contributed by atoms with Crippen molar-refractivity contribution in [1.29, 1.82) is 0 Å². The third kappa shape index (κ3) is 12.7. The summed E-state index contributed by atoms with van der Waals surface area (Å²) in [5, 5.41) is 1.43. The maximum Gasteiger partial charge on any atom is 0.338 e. The Kier molecular flexibility index (Phi) is 17.0. The topological polar surface area (TPSA) is 86.7 Å². The van der Waals surface area contributed by atoms with Crippen molar-refractivity contribution in [2.75, 3.05) is 36.4 Å². The van der Waals surface area contributed by atoms with Crippen molar-refractivity contribution in [1.82, 2.24) is 0 Å². The van der Waals surface area contributed by atoms with Crippen LogP contribution in [0.5, 0.6) is 0 Å². The van der Waals surface area contributed by atoms with Crippen LogP contribution in [0.4, 0.5) is 0 Å². The molecular weight excluding hydrogens is 717 g/mol. The number of thioether (sulfide) groups is 4. The lowest BCUT2D eigenvalue weighted by Gasteiger charge is -2.46. The number of carbonyl (C=O) groups excluding carboxylic acids is 4. The molecule has 2 aromatic carbocycles. The van der Waals surface area contributed by atoms with E-state index in [1.165, 1.54) is 62.8 Å². The standard InChI is InChI=1S/C25H36O4.C16H20O2S4.2H2/c1-17(26)18-5-7-19(8-6-18)24(27)29-23-15-11-21(12-16-23)25(2,3)20-9-13-22(28-4)14-10-20;1-11(17)12-3-5-13(6-4-12)16(18)22-10-15-9-20-14(7-19-2)8-21-15;;/h5-8,20-23H,9-16H2,1-4H3;3-6,14-15H,7-10H2,1-2H3;2*1H. The average molecular weight is 777 g/mol. The fraction of sp³-hybridized carbons (Fsp3) is 0.610. The highest BCUT2D eigenvalue weighted by Gasteiger charge is 2.41. The Hall–Kier alpha value is -1.72. The monoisotopic (exact) mass is 776 g/mol. The van der Waals surface area contributed by atoms with Gasteiger partial charge < -0.3 is 9.47 Å². The van der Waals surface area contributed by atoms with E-state index in [1.54, 1.807) is 48.5 Å². The summed E-state index contributed by atoms with van der Waals surface area (Å²) in [6.07, 6.45) is 11.6. The fourth-order valence-corrected chi connectivity index (χ4v) is 12.8. The minimum Gasteiger partial charge on any atom is -0.459 e. The van der Waals surface area contributed by atoms with E-state index in [1.807, 2.05) is 42.4 Å². The number of rotatable bonds is 12. The largest absolute Gasteiger partial charge is 0.459 e. The van der Waals surface area contributed by atoms with Crippen molar-refractivity contribution in [3.05, 3.63) is 70.8 Å². The number of hydrogen-bond donors (Lipinski definition) is 0. The minimum absolute atomic E-state index is 0. The highest BCUT2D eigenvalue weighted by Crippen LogP contribution is 2.49. The van der Waals surface area contributed by atoms with Gasteiger partial charge in [-0.15, -0.1) is 0 Å². The molecule has 51 heavy (non-hydrogen) atoms. The van der Waals surface area contributed by atoms with Gasteiger partial charge in [0.2, 0.25) is 5.12 Å². The maximum atomic E-state index is 12.5. The van der Waals surface area contributed by atoms with Crippen LogP contribution < -0.4 is 0 Å². The second kappa shape index (κ2) is 20.7. The minimum atomic E-state index is -0.277. The van der Waals surface area contributed by atoms with Crippen LogP contribution in [0.25, 0.3) is 0 Å². The molecule has 0 radical (unpaired) electrons. The summed E-state index contributed by atoms with van der Waals surface area (Å²) in [5.41, 5.74) is 2.80. The summed E-state index contributed by atoms with van der Waals surface area (Å²) in [6, 6.07) is 13.7. The van der Waals surface area contributed by atoms with Crippen molar-refractivity contribution in [2.45, 2.75) is 102 Å². The van der Waals surface area contributed by atoms with Gasteiger partial charge in [-0.1, -0.05) is 49.9 Å². The maximum absolute atomic E-state index is 12.5. The number of Topliss-reactive ketones (excluding diaryl/α,β-unsaturated/α-hetero) is 2. The smallest absolute Gasteiger partial charge is 0.338 e. The molecule has 2 unspecified atom stereocenters. The number of carbonyl (C=O) groups is 4. The van der Waals surface area contributed by atoms with Crippen molar-refractivity contribution in [2.24, 2.45) is 17.3 Å². The van der Waals surface area contributed by atoms with E-state index in [0.717, 1.165) is 48.4 Å². The van der Waals surface area contributed by atoms with Crippen molar-refractivity contribution >= 4 is 69.7 Å². The molecule has 10 heteroatoms. The molecule has 3 aliphatic rings. The van der Waals surface area contributed by atoms with Gasteiger partial charge in [-0.25, -0.2) is 4.79 Å². The summed E-state index contributed by atoms with van der Waals surface area (Å²) in [7, 11) is 1.83. The molecule has 284 valence electrons. The molecule has 5 rings (SSSR count). The Labute approximate surface area is 325 Å². The zero-order chi connectivity index (χ0) is 37.0. The number of ether oxygens (including phenoxy) is 2. The number of ketones is 2. The van der Waals surface area contributed by atoms with Gasteiger partial charge in [0.25, 0.3) is 0 Å². The Bertz CT molecular complexity index is 1430. The molecule has 2 atom stereocenters. The van der Waals surface area contributed by atoms with Gasteiger partial charge in [0, 0.05) is 60.2 Å².